The molecular weight excluding hydrogens is 236 g/mol. The van der Waals surface area contributed by atoms with Crippen LogP contribution in [0.2, 0.25) is 0 Å². The van der Waals surface area contributed by atoms with Gasteiger partial charge in [0.15, 0.2) is 0 Å². The molecule has 3 heteroatoms. The molecule has 0 saturated heterocycles. The number of amides is 1. The van der Waals surface area contributed by atoms with E-state index in [1.807, 2.05) is 27.7 Å². The Morgan fingerprint density at radius 3 is 2.16 bits per heavy atom. The molecule has 0 aliphatic carbocycles. The van der Waals surface area contributed by atoms with Crippen molar-refractivity contribution in [2.24, 2.45) is 5.41 Å². The number of carbonyl (C=O) groups is 1. The summed E-state index contributed by atoms with van der Waals surface area (Å²) in [4.78, 5) is 12.0. The Morgan fingerprint density at radius 2 is 1.68 bits per heavy atom. The molecule has 0 radical (unpaired) electrons. The largest absolute Gasteiger partial charge is 0.350 e. The van der Waals surface area contributed by atoms with E-state index in [1.54, 1.807) is 0 Å². The quantitative estimate of drug-likeness (QED) is 0.663. The van der Waals surface area contributed by atoms with Gasteiger partial charge in [-0.15, -0.1) is 0 Å². The molecule has 19 heavy (non-hydrogen) atoms. The van der Waals surface area contributed by atoms with Gasteiger partial charge in [-0.3, -0.25) is 4.79 Å². The van der Waals surface area contributed by atoms with E-state index in [0.29, 0.717) is 0 Å². The van der Waals surface area contributed by atoms with Crippen LogP contribution < -0.4 is 10.6 Å². The van der Waals surface area contributed by atoms with Crippen molar-refractivity contribution in [1.29, 1.82) is 0 Å². The van der Waals surface area contributed by atoms with Gasteiger partial charge in [0.1, 0.15) is 0 Å². The van der Waals surface area contributed by atoms with Gasteiger partial charge in [0.25, 0.3) is 0 Å². The minimum absolute atomic E-state index is 0.0804. The van der Waals surface area contributed by atoms with Gasteiger partial charge in [-0.2, -0.15) is 0 Å². The molecular formula is C16H34N2O. The second-order valence-corrected chi connectivity index (χ2v) is 7.46. The van der Waals surface area contributed by atoms with E-state index in [9.17, 15) is 4.79 Å². The van der Waals surface area contributed by atoms with Gasteiger partial charge < -0.3 is 10.6 Å². The lowest BCUT2D eigenvalue weighted by molar-refractivity contribution is -0.124. The molecule has 114 valence electrons. The summed E-state index contributed by atoms with van der Waals surface area (Å²) in [5, 5.41) is 6.37. The summed E-state index contributed by atoms with van der Waals surface area (Å²) in [5.74, 6) is 0.0804. The third kappa shape index (κ3) is 9.94. The van der Waals surface area contributed by atoms with E-state index >= 15 is 0 Å². The highest BCUT2D eigenvalue weighted by molar-refractivity contribution is 5.81. The third-order valence-electron chi connectivity index (χ3n) is 3.24. The lowest BCUT2D eigenvalue weighted by Gasteiger charge is -2.28. The summed E-state index contributed by atoms with van der Waals surface area (Å²) in [7, 11) is 0. The molecule has 0 aliphatic rings. The predicted octanol–water partition coefficient (Wildman–Crippen LogP) is 3.49. The van der Waals surface area contributed by atoms with Gasteiger partial charge in [-0.1, -0.05) is 40.0 Å². The predicted molar refractivity (Wildman–Crippen MR) is 83.3 cm³/mol. The van der Waals surface area contributed by atoms with Crippen molar-refractivity contribution < 1.29 is 4.79 Å². The van der Waals surface area contributed by atoms with E-state index in [2.05, 4.69) is 31.4 Å². The highest BCUT2D eigenvalue weighted by Crippen LogP contribution is 2.22. The molecule has 0 bridgehead atoms. The molecule has 3 nitrogen and oxygen atoms in total. The van der Waals surface area contributed by atoms with Gasteiger partial charge in [-0.25, -0.2) is 0 Å². The maximum atomic E-state index is 12.0. The van der Waals surface area contributed by atoms with Gasteiger partial charge in [-0.05, 0) is 39.5 Å². The topological polar surface area (TPSA) is 41.1 Å². The Kier molecular flexibility index (Phi) is 7.65. The lowest BCUT2D eigenvalue weighted by Crippen LogP contribution is -2.50. The molecule has 0 saturated carbocycles. The van der Waals surface area contributed by atoms with Crippen molar-refractivity contribution >= 4 is 5.91 Å². The van der Waals surface area contributed by atoms with E-state index < -0.39 is 0 Å². The normalized spacial score (nSPS) is 14.3. The fraction of sp³-hybridized carbons (Fsp3) is 0.938. The van der Waals surface area contributed by atoms with E-state index in [-0.39, 0.29) is 22.9 Å². The van der Waals surface area contributed by atoms with Crippen LogP contribution in [0.1, 0.15) is 74.1 Å². The Labute approximate surface area is 119 Å². The van der Waals surface area contributed by atoms with Gasteiger partial charge in [0, 0.05) is 12.1 Å². The van der Waals surface area contributed by atoms with Crippen LogP contribution in [0.15, 0.2) is 0 Å². The first kappa shape index (κ1) is 18.4. The van der Waals surface area contributed by atoms with Gasteiger partial charge in [0.05, 0.1) is 6.04 Å². The second-order valence-electron chi connectivity index (χ2n) is 7.46. The number of unbranched alkanes of at least 4 members (excludes halogenated alkanes) is 2. The maximum absolute atomic E-state index is 12.0. The van der Waals surface area contributed by atoms with Crippen LogP contribution in [0.5, 0.6) is 0 Å². The molecule has 1 amide bonds. The molecule has 0 aromatic carbocycles. The van der Waals surface area contributed by atoms with Crippen LogP contribution in [-0.4, -0.2) is 24.0 Å². The zero-order valence-corrected chi connectivity index (χ0v) is 14.0. The minimum atomic E-state index is -0.163. The number of hydrogen-bond donors (Lipinski definition) is 2. The molecule has 0 rings (SSSR count). The Bertz CT molecular complexity index is 266. The summed E-state index contributed by atoms with van der Waals surface area (Å²) in [5.41, 5.74) is 0.0924. The SMILES string of the molecule is CCCCCC(C)(C)CNC(C)C(=O)NC(C)(C)C. The van der Waals surface area contributed by atoms with Crippen molar-refractivity contribution in [3.8, 4) is 0 Å². The van der Waals surface area contributed by atoms with Crippen LogP contribution in [0.3, 0.4) is 0 Å². The van der Waals surface area contributed by atoms with Crippen molar-refractivity contribution in [3.63, 3.8) is 0 Å². The zero-order valence-electron chi connectivity index (χ0n) is 14.0. The highest BCUT2D eigenvalue weighted by atomic mass is 16.2. The van der Waals surface area contributed by atoms with Crippen LogP contribution in [-0.2, 0) is 4.79 Å². The van der Waals surface area contributed by atoms with Crippen LogP contribution in [0, 0.1) is 5.41 Å². The van der Waals surface area contributed by atoms with Crippen molar-refractivity contribution in [3.05, 3.63) is 0 Å². The first-order chi connectivity index (χ1) is 8.57. The molecule has 0 heterocycles. The lowest BCUT2D eigenvalue weighted by atomic mass is 9.86. The van der Waals surface area contributed by atoms with Crippen LogP contribution >= 0.6 is 0 Å². The summed E-state index contributed by atoms with van der Waals surface area (Å²) in [6, 6.07) is -0.135. The van der Waals surface area contributed by atoms with E-state index in [0.717, 1.165) is 6.54 Å². The molecule has 2 N–H and O–H groups in total. The molecule has 1 unspecified atom stereocenters. The average molecular weight is 270 g/mol. The van der Waals surface area contributed by atoms with Crippen molar-refractivity contribution in [2.75, 3.05) is 6.54 Å². The van der Waals surface area contributed by atoms with E-state index in [1.165, 1.54) is 25.7 Å². The van der Waals surface area contributed by atoms with Crippen LogP contribution in [0.4, 0.5) is 0 Å². The minimum Gasteiger partial charge on any atom is -0.350 e. The summed E-state index contributed by atoms with van der Waals surface area (Å²) < 4.78 is 0. The molecule has 0 aliphatic heterocycles. The van der Waals surface area contributed by atoms with E-state index in [4.69, 9.17) is 0 Å². The number of rotatable bonds is 8. The smallest absolute Gasteiger partial charge is 0.237 e. The van der Waals surface area contributed by atoms with Crippen molar-refractivity contribution in [2.45, 2.75) is 85.7 Å². The average Bonchev–Trinajstić information content (AvgIpc) is 2.24. The zero-order chi connectivity index (χ0) is 15.1. The monoisotopic (exact) mass is 270 g/mol. The first-order valence-corrected chi connectivity index (χ1v) is 7.63. The second kappa shape index (κ2) is 7.88. The number of hydrogen-bond acceptors (Lipinski definition) is 2. The number of carbonyl (C=O) groups excluding carboxylic acids is 1. The van der Waals surface area contributed by atoms with Gasteiger partial charge in [0.2, 0.25) is 5.91 Å². The Morgan fingerprint density at radius 1 is 1.11 bits per heavy atom. The Hall–Kier alpha value is -0.570. The standard InChI is InChI=1S/C16H34N2O/c1-8-9-10-11-16(6,7)12-17-13(2)14(19)18-15(3,4)5/h13,17H,8-12H2,1-7H3,(H,18,19). The molecule has 0 spiro atoms. The molecule has 1 atom stereocenters. The van der Waals surface area contributed by atoms with Crippen LogP contribution in [0.25, 0.3) is 0 Å². The molecule has 0 aromatic heterocycles. The fourth-order valence-corrected chi connectivity index (χ4v) is 1.94. The summed E-state index contributed by atoms with van der Waals surface area (Å²) in [6.07, 6.45) is 5.03. The third-order valence-corrected chi connectivity index (χ3v) is 3.24. The van der Waals surface area contributed by atoms with Crippen molar-refractivity contribution in [1.82, 2.24) is 10.6 Å². The molecule has 0 aromatic rings. The Balaban J connectivity index is 4.06. The summed E-state index contributed by atoms with van der Waals surface area (Å²) >= 11 is 0. The fourth-order valence-electron chi connectivity index (χ4n) is 1.94. The summed E-state index contributed by atoms with van der Waals surface area (Å²) in [6.45, 7) is 15.6. The van der Waals surface area contributed by atoms with Gasteiger partial charge >= 0.3 is 0 Å². The number of nitrogens with one attached hydrogen (secondary N) is 2. The highest BCUT2D eigenvalue weighted by Gasteiger charge is 2.22. The first-order valence-electron chi connectivity index (χ1n) is 7.63. The maximum Gasteiger partial charge on any atom is 0.237 e. The molecule has 0 fully saturated rings.